The third-order valence-electron chi connectivity index (χ3n) is 3.30. The number of sulfonamides is 1. The Balaban J connectivity index is 2.39. The summed E-state index contributed by atoms with van der Waals surface area (Å²) in [6, 6.07) is 8.41. The van der Waals surface area contributed by atoms with Gasteiger partial charge in [0, 0.05) is 5.69 Å². The lowest BCUT2D eigenvalue weighted by molar-refractivity contribution is -0.137. The molecule has 0 spiro atoms. The number of carboxylic acid groups (broad SMARTS) is 1. The zero-order valence-corrected chi connectivity index (χ0v) is 13.8. The highest BCUT2D eigenvalue weighted by Gasteiger charge is 2.18. The van der Waals surface area contributed by atoms with E-state index in [0.717, 1.165) is 4.57 Å². The van der Waals surface area contributed by atoms with Crippen LogP contribution in [0.25, 0.3) is 0 Å². The Bertz CT molecular complexity index is 916. The van der Waals surface area contributed by atoms with Gasteiger partial charge < -0.3 is 9.84 Å². The largest absolute Gasteiger partial charge is 0.497 e. The highest BCUT2D eigenvalue weighted by atomic mass is 32.2. The smallest absolute Gasteiger partial charge is 0.323 e. The SMILES string of the molecule is COc1ccc(S(=O)(=O)Nc2ccc(C)n(CC(=O)O)c2=O)cc1. The Morgan fingerprint density at radius 1 is 1.21 bits per heavy atom. The van der Waals surface area contributed by atoms with Crippen LogP contribution in [-0.4, -0.2) is 31.2 Å². The highest BCUT2D eigenvalue weighted by Crippen LogP contribution is 2.18. The lowest BCUT2D eigenvalue weighted by Crippen LogP contribution is -2.29. The van der Waals surface area contributed by atoms with Crippen LogP contribution in [0, 0.1) is 6.92 Å². The molecule has 0 saturated heterocycles. The van der Waals surface area contributed by atoms with Gasteiger partial charge in [0.25, 0.3) is 15.6 Å². The molecule has 1 aromatic heterocycles. The van der Waals surface area contributed by atoms with E-state index >= 15 is 0 Å². The minimum Gasteiger partial charge on any atom is -0.497 e. The maximum atomic E-state index is 12.4. The Morgan fingerprint density at radius 3 is 2.38 bits per heavy atom. The van der Waals surface area contributed by atoms with Crippen LogP contribution in [0.4, 0.5) is 5.69 Å². The predicted molar refractivity (Wildman–Crippen MR) is 86.9 cm³/mol. The van der Waals surface area contributed by atoms with Gasteiger partial charge in [-0.1, -0.05) is 0 Å². The first-order valence-electron chi connectivity index (χ1n) is 6.83. The molecule has 2 rings (SSSR count). The van der Waals surface area contributed by atoms with Crippen LogP contribution in [0.2, 0.25) is 0 Å². The van der Waals surface area contributed by atoms with E-state index in [1.54, 1.807) is 6.92 Å². The van der Waals surface area contributed by atoms with Crippen molar-refractivity contribution in [3.63, 3.8) is 0 Å². The Labute approximate surface area is 138 Å². The van der Waals surface area contributed by atoms with E-state index < -0.39 is 28.1 Å². The van der Waals surface area contributed by atoms with Crippen molar-refractivity contribution in [2.24, 2.45) is 0 Å². The van der Waals surface area contributed by atoms with Gasteiger partial charge in [-0.2, -0.15) is 0 Å². The first-order chi connectivity index (χ1) is 11.2. The summed E-state index contributed by atoms with van der Waals surface area (Å²) < 4.78 is 32.8. The number of ether oxygens (including phenoxy) is 1. The molecule has 8 nitrogen and oxygen atoms in total. The average molecular weight is 352 g/mol. The summed E-state index contributed by atoms with van der Waals surface area (Å²) in [5.41, 5.74) is -0.540. The molecule has 0 aliphatic rings. The molecule has 128 valence electrons. The van der Waals surface area contributed by atoms with E-state index in [2.05, 4.69) is 4.72 Å². The number of hydrogen-bond donors (Lipinski definition) is 2. The van der Waals surface area contributed by atoms with Crippen molar-refractivity contribution < 1.29 is 23.1 Å². The summed E-state index contributed by atoms with van der Waals surface area (Å²) in [6.07, 6.45) is 0. The van der Waals surface area contributed by atoms with Crippen LogP contribution in [-0.2, 0) is 21.4 Å². The fourth-order valence-electron chi connectivity index (χ4n) is 2.04. The van der Waals surface area contributed by atoms with Crippen molar-refractivity contribution in [1.29, 1.82) is 0 Å². The molecule has 0 saturated carbocycles. The average Bonchev–Trinajstić information content (AvgIpc) is 2.54. The van der Waals surface area contributed by atoms with Crippen LogP contribution in [0.15, 0.2) is 46.1 Å². The molecule has 0 atom stereocenters. The van der Waals surface area contributed by atoms with Crippen LogP contribution in [0.5, 0.6) is 5.75 Å². The molecule has 24 heavy (non-hydrogen) atoms. The molecule has 2 aromatic rings. The molecule has 0 aliphatic carbocycles. The first kappa shape index (κ1) is 17.5. The third kappa shape index (κ3) is 3.74. The number of methoxy groups -OCH3 is 1. The lowest BCUT2D eigenvalue weighted by Gasteiger charge is -2.12. The summed E-state index contributed by atoms with van der Waals surface area (Å²) in [7, 11) is -2.53. The van der Waals surface area contributed by atoms with Gasteiger partial charge in [-0.25, -0.2) is 8.42 Å². The molecular weight excluding hydrogens is 336 g/mol. The summed E-state index contributed by atoms with van der Waals surface area (Å²) >= 11 is 0. The number of benzene rings is 1. The predicted octanol–water partition coefficient (Wildman–Crippen LogP) is 1.05. The van der Waals surface area contributed by atoms with Crippen molar-refractivity contribution in [1.82, 2.24) is 4.57 Å². The van der Waals surface area contributed by atoms with Crippen molar-refractivity contribution in [3.05, 3.63) is 52.4 Å². The van der Waals surface area contributed by atoms with Crippen LogP contribution in [0.1, 0.15) is 5.69 Å². The van der Waals surface area contributed by atoms with Gasteiger partial charge in [0.1, 0.15) is 18.0 Å². The number of nitrogens with one attached hydrogen (secondary N) is 1. The van der Waals surface area contributed by atoms with E-state index in [9.17, 15) is 18.0 Å². The summed E-state index contributed by atoms with van der Waals surface area (Å²) in [6.45, 7) is 1.01. The monoisotopic (exact) mass is 352 g/mol. The molecule has 0 bridgehead atoms. The van der Waals surface area contributed by atoms with Crippen LogP contribution >= 0.6 is 0 Å². The van der Waals surface area contributed by atoms with Gasteiger partial charge in [-0.05, 0) is 43.3 Å². The van der Waals surface area contributed by atoms with Gasteiger partial charge in [-0.3, -0.25) is 18.9 Å². The van der Waals surface area contributed by atoms with E-state index in [-0.39, 0.29) is 10.6 Å². The number of aliphatic carboxylic acids is 1. The molecule has 0 unspecified atom stereocenters. The number of aryl methyl sites for hydroxylation is 1. The number of carboxylic acids is 1. The summed E-state index contributed by atoms with van der Waals surface area (Å²) in [5, 5.41) is 8.86. The maximum absolute atomic E-state index is 12.4. The Hall–Kier alpha value is -2.81. The minimum absolute atomic E-state index is 0.0481. The standard InChI is InChI=1S/C15H16N2O6S/c1-10-3-8-13(15(20)17(10)9-14(18)19)16-24(21,22)12-6-4-11(23-2)5-7-12/h3-8,16H,9H2,1-2H3,(H,18,19). The normalized spacial score (nSPS) is 11.1. The Morgan fingerprint density at radius 2 is 1.83 bits per heavy atom. The number of nitrogens with zero attached hydrogens (tertiary/aromatic N) is 1. The number of aromatic nitrogens is 1. The second kappa shape index (κ2) is 6.75. The lowest BCUT2D eigenvalue weighted by atomic mass is 10.3. The fourth-order valence-corrected chi connectivity index (χ4v) is 3.10. The first-order valence-corrected chi connectivity index (χ1v) is 8.32. The number of anilines is 1. The van der Waals surface area contributed by atoms with Crippen LogP contribution < -0.4 is 15.0 Å². The fraction of sp³-hybridized carbons (Fsp3) is 0.200. The Kier molecular flexibility index (Phi) is 4.93. The molecule has 2 N–H and O–H groups in total. The second-order valence-electron chi connectivity index (χ2n) is 4.95. The van der Waals surface area contributed by atoms with Crippen LogP contribution in [0.3, 0.4) is 0 Å². The van der Waals surface area contributed by atoms with Gasteiger partial charge in [0.2, 0.25) is 0 Å². The third-order valence-corrected chi connectivity index (χ3v) is 4.68. The number of pyridine rings is 1. The molecule has 1 heterocycles. The molecule has 0 amide bonds. The van der Waals surface area contributed by atoms with E-state index in [1.807, 2.05) is 0 Å². The van der Waals surface area contributed by atoms with Gasteiger partial charge in [0.15, 0.2) is 0 Å². The molecule has 0 radical (unpaired) electrons. The van der Waals surface area contributed by atoms with E-state index in [0.29, 0.717) is 11.4 Å². The zero-order chi connectivity index (χ0) is 17.9. The highest BCUT2D eigenvalue weighted by molar-refractivity contribution is 7.92. The van der Waals surface area contributed by atoms with Crippen molar-refractivity contribution >= 4 is 21.7 Å². The summed E-state index contributed by atoms with van der Waals surface area (Å²) in [5.74, 6) is -0.705. The zero-order valence-electron chi connectivity index (χ0n) is 13.0. The number of hydrogen-bond acceptors (Lipinski definition) is 5. The van der Waals surface area contributed by atoms with Gasteiger partial charge in [-0.15, -0.1) is 0 Å². The quantitative estimate of drug-likeness (QED) is 0.803. The van der Waals surface area contributed by atoms with E-state index in [1.165, 1.54) is 43.5 Å². The van der Waals surface area contributed by atoms with Crippen molar-refractivity contribution in [2.75, 3.05) is 11.8 Å². The second-order valence-corrected chi connectivity index (χ2v) is 6.64. The van der Waals surface area contributed by atoms with Crippen molar-refractivity contribution in [2.45, 2.75) is 18.4 Å². The van der Waals surface area contributed by atoms with Gasteiger partial charge >= 0.3 is 5.97 Å². The molecule has 9 heteroatoms. The minimum atomic E-state index is -3.99. The topological polar surface area (TPSA) is 115 Å². The number of carbonyl (C=O) groups is 1. The summed E-state index contributed by atoms with van der Waals surface area (Å²) in [4.78, 5) is 23.1. The van der Waals surface area contributed by atoms with Crippen molar-refractivity contribution in [3.8, 4) is 5.75 Å². The molecule has 0 aliphatic heterocycles. The van der Waals surface area contributed by atoms with E-state index in [4.69, 9.17) is 9.84 Å². The van der Waals surface area contributed by atoms with Gasteiger partial charge in [0.05, 0.1) is 12.0 Å². The molecule has 1 aromatic carbocycles. The number of rotatable bonds is 6. The molecule has 0 fully saturated rings. The maximum Gasteiger partial charge on any atom is 0.323 e. The molecular formula is C15H16N2O6S.